The molecule has 2 aromatic rings. The van der Waals surface area contributed by atoms with Gasteiger partial charge in [0.15, 0.2) is 0 Å². The molecule has 0 saturated carbocycles. The molecule has 0 amide bonds. The highest BCUT2D eigenvalue weighted by atomic mass is 35.6. The number of nitrogens with one attached hydrogen (secondary N) is 1. The van der Waals surface area contributed by atoms with Crippen molar-refractivity contribution in [3.8, 4) is 5.75 Å². The summed E-state index contributed by atoms with van der Waals surface area (Å²) >= 11 is 17.0. The first-order valence-corrected chi connectivity index (χ1v) is 9.31. The van der Waals surface area contributed by atoms with E-state index in [9.17, 15) is 19.7 Å². The Morgan fingerprint density at radius 3 is 2.34 bits per heavy atom. The lowest BCUT2D eigenvalue weighted by Crippen LogP contribution is -2.25. The molecule has 0 aliphatic heterocycles. The number of nitrogens with zero attached hydrogens (tertiary/aromatic N) is 1. The predicted molar refractivity (Wildman–Crippen MR) is 108 cm³/mol. The number of non-ortho nitro benzene ring substituents is 1. The largest absolute Gasteiger partial charge is 0.513 e. The Balaban J connectivity index is 1.77. The molecule has 29 heavy (non-hydrogen) atoms. The summed E-state index contributed by atoms with van der Waals surface area (Å²) in [4.78, 5) is 33.8. The van der Waals surface area contributed by atoms with Crippen molar-refractivity contribution in [2.75, 3.05) is 13.2 Å². The van der Waals surface area contributed by atoms with E-state index in [0.717, 1.165) is 0 Å². The molecule has 0 atom stereocenters. The molecule has 0 heterocycles. The number of hydrogen-bond acceptors (Lipinski definition) is 7. The van der Waals surface area contributed by atoms with E-state index in [1.165, 1.54) is 24.3 Å². The van der Waals surface area contributed by atoms with Gasteiger partial charge in [0, 0.05) is 30.8 Å². The van der Waals surface area contributed by atoms with E-state index < -0.39 is 20.7 Å². The quantitative estimate of drug-likeness (QED) is 0.118. The molecule has 0 saturated heterocycles. The lowest BCUT2D eigenvalue weighted by molar-refractivity contribution is -0.384. The van der Waals surface area contributed by atoms with Crippen LogP contribution in [0.5, 0.6) is 5.75 Å². The van der Waals surface area contributed by atoms with Crippen LogP contribution in [0.3, 0.4) is 0 Å². The smallest absolute Gasteiger partial charge is 0.433 e. The number of rotatable bonds is 8. The van der Waals surface area contributed by atoms with Gasteiger partial charge in [-0.05, 0) is 17.7 Å². The Morgan fingerprint density at radius 2 is 1.72 bits per heavy atom. The van der Waals surface area contributed by atoms with E-state index in [1.807, 2.05) is 0 Å². The summed E-state index contributed by atoms with van der Waals surface area (Å²) in [5.74, 6) is -0.518. The number of Topliss-reactive ketones (excluding diaryl/α,β-unsaturated/α-hetero) is 1. The molecule has 11 heteroatoms. The third-order valence-corrected chi connectivity index (χ3v) is 4.10. The summed E-state index contributed by atoms with van der Waals surface area (Å²) in [5, 5.41) is 13.6. The van der Waals surface area contributed by atoms with Crippen molar-refractivity contribution >= 4 is 52.4 Å². The van der Waals surface area contributed by atoms with Gasteiger partial charge in [-0.25, -0.2) is 4.79 Å². The zero-order valence-electron chi connectivity index (χ0n) is 14.8. The lowest BCUT2D eigenvalue weighted by Gasteiger charge is -2.14. The van der Waals surface area contributed by atoms with Crippen LogP contribution in [-0.2, 0) is 11.3 Å². The Labute approximate surface area is 180 Å². The number of benzene rings is 2. The molecular formula is C18H15Cl3N2O6. The fourth-order valence-corrected chi connectivity index (χ4v) is 2.55. The van der Waals surface area contributed by atoms with E-state index in [0.29, 0.717) is 5.56 Å². The summed E-state index contributed by atoms with van der Waals surface area (Å²) in [7, 11) is 0. The van der Waals surface area contributed by atoms with Gasteiger partial charge >= 0.3 is 6.16 Å². The predicted octanol–water partition coefficient (Wildman–Crippen LogP) is 4.45. The second-order valence-corrected chi connectivity index (χ2v) is 7.89. The van der Waals surface area contributed by atoms with E-state index in [4.69, 9.17) is 44.3 Å². The van der Waals surface area contributed by atoms with Gasteiger partial charge in [0.1, 0.15) is 12.4 Å². The maximum Gasteiger partial charge on any atom is 0.513 e. The van der Waals surface area contributed by atoms with Crippen LogP contribution >= 0.6 is 34.8 Å². The van der Waals surface area contributed by atoms with Crippen LogP contribution in [0.15, 0.2) is 48.5 Å². The number of alkyl halides is 3. The molecule has 0 unspecified atom stereocenters. The molecule has 2 rings (SSSR count). The van der Waals surface area contributed by atoms with Crippen LogP contribution in [0.1, 0.15) is 15.9 Å². The number of hydrogen-bond donors (Lipinski definition) is 1. The zero-order chi connectivity index (χ0) is 21.4. The average Bonchev–Trinajstić information content (AvgIpc) is 2.67. The lowest BCUT2D eigenvalue weighted by atomic mass is 10.0. The minimum absolute atomic E-state index is 0.00756. The van der Waals surface area contributed by atoms with Gasteiger partial charge in [-0.15, -0.1) is 0 Å². The number of nitro benzene ring substituents is 1. The number of carbonyl (C=O) groups excluding carboxylic acids is 2. The Kier molecular flexibility index (Phi) is 8.21. The second kappa shape index (κ2) is 10.4. The van der Waals surface area contributed by atoms with Crippen molar-refractivity contribution in [2.24, 2.45) is 0 Å². The van der Waals surface area contributed by atoms with Crippen LogP contribution in [0.2, 0.25) is 0 Å². The summed E-state index contributed by atoms with van der Waals surface area (Å²) in [5.41, 5.74) is 0.777. The third-order valence-electron chi connectivity index (χ3n) is 3.58. The molecule has 1 N–H and O–H groups in total. The zero-order valence-corrected chi connectivity index (χ0v) is 17.0. The number of ether oxygens (including phenoxy) is 2. The molecule has 0 aromatic heterocycles. The molecule has 8 nitrogen and oxygen atoms in total. The molecule has 0 spiro atoms. The fourth-order valence-electron chi connectivity index (χ4n) is 2.24. The molecular weight excluding hydrogens is 447 g/mol. The number of halogens is 3. The molecule has 0 aliphatic carbocycles. The monoisotopic (exact) mass is 460 g/mol. The van der Waals surface area contributed by atoms with E-state index in [2.05, 4.69) is 5.32 Å². The Bertz CT molecular complexity index is 884. The van der Waals surface area contributed by atoms with Gasteiger partial charge in [-0.1, -0.05) is 59.1 Å². The molecule has 154 valence electrons. The first-order valence-electron chi connectivity index (χ1n) is 8.17. The first kappa shape index (κ1) is 22.9. The molecule has 0 bridgehead atoms. The Hall–Kier alpha value is -2.39. The molecule has 0 fully saturated rings. The highest BCUT2D eigenvalue weighted by Gasteiger charge is 2.32. The van der Waals surface area contributed by atoms with Crippen molar-refractivity contribution in [3.05, 3.63) is 69.8 Å². The van der Waals surface area contributed by atoms with Crippen molar-refractivity contribution in [1.29, 1.82) is 0 Å². The van der Waals surface area contributed by atoms with Crippen LogP contribution in [0.4, 0.5) is 10.5 Å². The normalized spacial score (nSPS) is 11.0. The summed E-state index contributed by atoms with van der Waals surface area (Å²) in [6.07, 6.45) is -0.951. The molecule has 0 radical (unpaired) electrons. The summed E-state index contributed by atoms with van der Waals surface area (Å²) in [6.45, 7) is 0.543. The van der Waals surface area contributed by atoms with Crippen molar-refractivity contribution < 1.29 is 24.0 Å². The van der Waals surface area contributed by atoms with Gasteiger partial charge in [-0.2, -0.15) is 0 Å². The van der Waals surface area contributed by atoms with E-state index in [-0.39, 0.29) is 36.7 Å². The van der Waals surface area contributed by atoms with Crippen molar-refractivity contribution in [2.45, 2.75) is 10.3 Å². The van der Waals surface area contributed by atoms with E-state index >= 15 is 0 Å². The van der Waals surface area contributed by atoms with E-state index in [1.54, 1.807) is 24.3 Å². The number of ketones is 1. The van der Waals surface area contributed by atoms with Crippen LogP contribution < -0.4 is 10.1 Å². The third kappa shape index (κ3) is 7.17. The SMILES string of the molecule is O=C(OCCNCc1ccccc1C(=O)C(Cl)(Cl)Cl)Oc1ccc([N+](=O)[O-])cc1. The fraction of sp³-hybridized carbons (Fsp3) is 0.222. The second-order valence-electron chi connectivity index (χ2n) is 5.61. The number of carbonyl (C=O) groups is 2. The first-order chi connectivity index (χ1) is 13.7. The standard InChI is InChI=1S/C18H15Cl3N2O6/c19-18(20,21)16(24)15-4-2-1-3-12(15)11-22-9-10-28-17(25)29-14-7-5-13(6-8-14)23(26)27/h1-8,22H,9-11H2. The summed E-state index contributed by atoms with van der Waals surface area (Å²) < 4.78 is 7.75. The maximum absolute atomic E-state index is 12.2. The van der Waals surface area contributed by atoms with Crippen LogP contribution in [-0.4, -0.2) is 33.8 Å². The van der Waals surface area contributed by atoms with Crippen molar-refractivity contribution in [3.63, 3.8) is 0 Å². The van der Waals surface area contributed by atoms with Gasteiger partial charge < -0.3 is 14.8 Å². The van der Waals surface area contributed by atoms with Gasteiger partial charge in [0.05, 0.1) is 4.92 Å². The molecule has 2 aromatic carbocycles. The minimum atomic E-state index is -2.05. The van der Waals surface area contributed by atoms with Crippen molar-refractivity contribution in [1.82, 2.24) is 5.32 Å². The van der Waals surface area contributed by atoms with Gasteiger partial charge in [0.2, 0.25) is 5.78 Å². The number of nitro groups is 1. The Morgan fingerprint density at radius 1 is 1.07 bits per heavy atom. The topological polar surface area (TPSA) is 108 Å². The van der Waals surface area contributed by atoms with Gasteiger partial charge in [0.25, 0.3) is 9.48 Å². The highest BCUT2D eigenvalue weighted by molar-refractivity contribution is 6.77. The highest BCUT2D eigenvalue weighted by Crippen LogP contribution is 2.31. The van der Waals surface area contributed by atoms with Crippen LogP contribution in [0, 0.1) is 10.1 Å². The minimum Gasteiger partial charge on any atom is -0.433 e. The summed E-state index contributed by atoms with van der Waals surface area (Å²) in [6, 6.07) is 11.7. The molecule has 0 aliphatic rings. The van der Waals surface area contributed by atoms with Crippen LogP contribution in [0.25, 0.3) is 0 Å². The average molecular weight is 462 g/mol. The van der Waals surface area contributed by atoms with Gasteiger partial charge in [-0.3, -0.25) is 14.9 Å². The maximum atomic E-state index is 12.2.